The van der Waals surface area contributed by atoms with Gasteiger partial charge in [0.2, 0.25) is 0 Å². The van der Waals surface area contributed by atoms with Gasteiger partial charge in [0.15, 0.2) is 0 Å². The molecule has 1 saturated heterocycles. The molecule has 3 nitrogen and oxygen atoms in total. The summed E-state index contributed by atoms with van der Waals surface area (Å²) in [6, 6.07) is 7.79. The number of piperidine rings is 1. The van der Waals surface area contributed by atoms with E-state index < -0.39 is 0 Å². The fraction of sp³-hybridized carbons (Fsp3) is 0.533. The molecule has 1 aliphatic heterocycles. The molecule has 0 saturated carbocycles. The average molecular weight is 372 g/mol. The molecular formula is C15H21IN2O. The number of hydrogen-bond donors (Lipinski definition) is 0. The van der Waals surface area contributed by atoms with Gasteiger partial charge in [0.05, 0.1) is 5.56 Å². The van der Waals surface area contributed by atoms with Crippen molar-refractivity contribution in [1.29, 1.82) is 0 Å². The van der Waals surface area contributed by atoms with Gasteiger partial charge in [-0.3, -0.25) is 4.79 Å². The first kappa shape index (κ1) is 14.8. The first-order chi connectivity index (χ1) is 9.08. The lowest BCUT2D eigenvalue weighted by Gasteiger charge is -2.31. The molecular weight excluding hydrogens is 351 g/mol. The van der Waals surface area contributed by atoms with Crippen molar-refractivity contribution in [1.82, 2.24) is 9.80 Å². The van der Waals surface area contributed by atoms with Gasteiger partial charge in [0.1, 0.15) is 0 Å². The van der Waals surface area contributed by atoms with E-state index in [1.54, 1.807) is 0 Å². The predicted molar refractivity (Wildman–Crippen MR) is 86.3 cm³/mol. The van der Waals surface area contributed by atoms with Crippen LogP contribution in [0.2, 0.25) is 0 Å². The molecule has 2 rings (SSSR count). The fourth-order valence-corrected chi connectivity index (χ4v) is 3.17. The maximum atomic E-state index is 12.4. The SMILES string of the molecule is CN1CCC(CN(C)C(=O)c2ccccc2I)CC1. The Morgan fingerprint density at radius 1 is 1.37 bits per heavy atom. The van der Waals surface area contributed by atoms with Crippen LogP contribution in [0, 0.1) is 9.49 Å². The third-order valence-corrected chi connectivity index (χ3v) is 4.76. The van der Waals surface area contributed by atoms with E-state index in [4.69, 9.17) is 0 Å². The Bertz CT molecular complexity index is 442. The number of halogens is 1. The molecule has 1 heterocycles. The fourth-order valence-electron chi connectivity index (χ4n) is 2.56. The maximum absolute atomic E-state index is 12.4. The summed E-state index contributed by atoms with van der Waals surface area (Å²) in [7, 11) is 4.08. The molecule has 1 fully saturated rings. The highest BCUT2D eigenvalue weighted by atomic mass is 127. The van der Waals surface area contributed by atoms with E-state index in [0.29, 0.717) is 5.92 Å². The largest absolute Gasteiger partial charge is 0.341 e. The first-order valence-electron chi connectivity index (χ1n) is 6.76. The molecule has 0 radical (unpaired) electrons. The van der Waals surface area contributed by atoms with Crippen molar-refractivity contribution in [3.63, 3.8) is 0 Å². The Balaban J connectivity index is 1.94. The topological polar surface area (TPSA) is 23.6 Å². The lowest BCUT2D eigenvalue weighted by molar-refractivity contribution is 0.0746. The average Bonchev–Trinajstić information content (AvgIpc) is 2.41. The van der Waals surface area contributed by atoms with Gasteiger partial charge in [-0.15, -0.1) is 0 Å². The Morgan fingerprint density at radius 2 is 2.00 bits per heavy atom. The van der Waals surface area contributed by atoms with Crippen molar-refractivity contribution in [3.8, 4) is 0 Å². The molecule has 4 heteroatoms. The summed E-state index contributed by atoms with van der Waals surface area (Å²) in [5, 5.41) is 0. The van der Waals surface area contributed by atoms with Crippen molar-refractivity contribution in [3.05, 3.63) is 33.4 Å². The zero-order chi connectivity index (χ0) is 13.8. The van der Waals surface area contributed by atoms with Crippen molar-refractivity contribution in [2.24, 2.45) is 5.92 Å². The quantitative estimate of drug-likeness (QED) is 0.762. The standard InChI is InChI=1S/C15H21IN2O/c1-17-9-7-12(8-10-17)11-18(2)15(19)13-5-3-4-6-14(13)16/h3-6,12H,7-11H2,1-2H3. The van der Waals surface area contributed by atoms with Gasteiger partial charge in [0.25, 0.3) is 5.91 Å². The van der Waals surface area contributed by atoms with Crippen LogP contribution in [0.1, 0.15) is 23.2 Å². The van der Waals surface area contributed by atoms with Crippen LogP contribution in [0.25, 0.3) is 0 Å². The van der Waals surface area contributed by atoms with Crippen molar-refractivity contribution in [2.45, 2.75) is 12.8 Å². The zero-order valence-corrected chi connectivity index (χ0v) is 13.8. The van der Waals surface area contributed by atoms with Crippen LogP contribution in [0.15, 0.2) is 24.3 Å². The van der Waals surface area contributed by atoms with E-state index in [1.165, 1.54) is 12.8 Å². The van der Waals surface area contributed by atoms with Gasteiger partial charge in [-0.25, -0.2) is 0 Å². The molecule has 0 aliphatic carbocycles. The Morgan fingerprint density at radius 3 is 2.63 bits per heavy atom. The summed E-state index contributed by atoms with van der Waals surface area (Å²) in [6.07, 6.45) is 2.39. The molecule has 0 unspecified atom stereocenters. The summed E-state index contributed by atoms with van der Waals surface area (Å²) in [6.45, 7) is 3.17. The third kappa shape index (κ3) is 3.92. The van der Waals surface area contributed by atoms with Crippen LogP contribution in [0.5, 0.6) is 0 Å². The minimum Gasteiger partial charge on any atom is -0.341 e. The summed E-state index contributed by atoms with van der Waals surface area (Å²) >= 11 is 2.23. The molecule has 1 aromatic carbocycles. The van der Waals surface area contributed by atoms with E-state index in [1.807, 2.05) is 36.2 Å². The van der Waals surface area contributed by atoms with Crippen molar-refractivity contribution >= 4 is 28.5 Å². The van der Waals surface area contributed by atoms with Crippen molar-refractivity contribution in [2.75, 3.05) is 33.7 Å². The molecule has 0 bridgehead atoms. The van der Waals surface area contributed by atoms with Gasteiger partial charge in [0, 0.05) is 17.2 Å². The third-order valence-electron chi connectivity index (χ3n) is 3.82. The first-order valence-corrected chi connectivity index (χ1v) is 7.84. The molecule has 1 aromatic rings. The second-order valence-corrected chi connectivity index (χ2v) is 6.57. The summed E-state index contributed by atoms with van der Waals surface area (Å²) < 4.78 is 1.03. The Hall–Kier alpha value is -0.620. The predicted octanol–water partition coefficient (Wildman–Crippen LogP) is 2.71. The number of carbonyl (C=O) groups is 1. The van der Waals surface area contributed by atoms with E-state index in [2.05, 4.69) is 34.5 Å². The zero-order valence-electron chi connectivity index (χ0n) is 11.6. The van der Waals surface area contributed by atoms with Crippen LogP contribution in [0.3, 0.4) is 0 Å². The minimum absolute atomic E-state index is 0.143. The highest BCUT2D eigenvalue weighted by Crippen LogP contribution is 2.19. The lowest BCUT2D eigenvalue weighted by Crippen LogP contribution is -2.38. The Kier molecular flexibility index (Phi) is 5.21. The smallest absolute Gasteiger partial charge is 0.254 e. The van der Waals surface area contributed by atoms with E-state index in [9.17, 15) is 4.79 Å². The monoisotopic (exact) mass is 372 g/mol. The van der Waals surface area contributed by atoms with Crippen LogP contribution >= 0.6 is 22.6 Å². The molecule has 1 aliphatic rings. The summed E-state index contributed by atoms with van der Waals surface area (Å²) in [5.74, 6) is 0.787. The molecule has 104 valence electrons. The normalized spacial score (nSPS) is 17.4. The number of benzene rings is 1. The molecule has 0 spiro atoms. The number of nitrogens with zero attached hydrogens (tertiary/aromatic N) is 2. The molecule has 1 amide bonds. The van der Waals surface area contributed by atoms with Crippen molar-refractivity contribution < 1.29 is 4.79 Å². The van der Waals surface area contributed by atoms with E-state index >= 15 is 0 Å². The number of carbonyl (C=O) groups excluding carboxylic acids is 1. The second kappa shape index (κ2) is 6.70. The summed E-state index contributed by atoms with van der Waals surface area (Å²) in [5.41, 5.74) is 0.818. The number of likely N-dealkylation sites (tertiary alicyclic amines) is 1. The number of hydrogen-bond acceptors (Lipinski definition) is 2. The van der Waals surface area contributed by atoms with Gasteiger partial charge in [-0.2, -0.15) is 0 Å². The van der Waals surface area contributed by atoms with Gasteiger partial charge >= 0.3 is 0 Å². The minimum atomic E-state index is 0.143. The van der Waals surface area contributed by atoms with Gasteiger partial charge < -0.3 is 9.80 Å². The maximum Gasteiger partial charge on any atom is 0.254 e. The van der Waals surface area contributed by atoms with Gasteiger partial charge in [-0.05, 0) is 73.6 Å². The molecule has 0 atom stereocenters. The van der Waals surface area contributed by atoms with Gasteiger partial charge in [-0.1, -0.05) is 12.1 Å². The van der Waals surface area contributed by atoms with Crippen LogP contribution in [-0.4, -0.2) is 49.4 Å². The van der Waals surface area contributed by atoms with E-state index in [0.717, 1.165) is 28.8 Å². The highest BCUT2D eigenvalue weighted by Gasteiger charge is 2.21. The number of amides is 1. The highest BCUT2D eigenvalue weighted by molar-refractivity contribution is 14.1. The van der Waals surface area contributed by atoms with Crippen LogP contribution in [0.4, 0.5) is 0 Å². The second-order valence-electron chi connectivity index (χ2n) is 5.41. The molecule has 0 N–H and O–H groups in total. The van der Waals surface area contributed by atoms with Crippen LogP contribution in [-0.2, 0) is 0 Å². The van der Waals surface area contributed by atoms with E-state index in [-0.39, 0.29) is 5.91 Å². The Labute approximate surface area is 129 Å². The number of rotatable bonds is 3. The van der Waals surface area contributed by atoms with Crippen LogP contribution < -0.4 is 0 Å². The summed E-state index contributed by atoms with van der Waals surface area (Å²) in [4.78, 5) is 16.7. The lowest BCUT2D eigenvalue weighted by atomic mass is 9.96. The molecule has 19 heavy (non-hydrogen) atoms. The molecule has 0 aromatic heterocycles.